The Morgan fingerprint density at radius 3 is 2.47 bits per heavy atom. The van der Waals surface area contributed by atoms with Crippen LogP contribution < -0.4 is 0 Å². The van der Waals surface area contributed by atoms with Crippen molar-refractivity contribution in [2.75, 3.05) is 0 Å². The molecule has 0 radical (unpaired) electrons. The maximum absolute atomic E-state index is 11.7. The molecule has 2 rings (SSSR count). The standard InChI is InChI=1S/C12H12O2S/c1-12(10(13)7-11(14)15-12)8-9-5-3-2-4-6-9/h2-6H,7-8H2,1H3/t12-/m1/s1. The SMILES string of the molecule is C[C@]1(Cc2ccccc2)SC(=O)CC1=O. The van der Waals surface area contributed by atoms with E-state index in [9.17, 15) is 9.59 Å². The first-order valence-corrected chi connectivity index (χ1v) is 5.71. The van der Waals surface area contributed by atoms with Crippen molar-refractivity contribution in [1.82, 2.24) is 0 Å². The van der Waals surface area contributed by atoms with E-state index in [2.05, 4.69) is 0 Å². The van der Waals surface area contributed by atoms with E-state index >= 15 is 0 Å². The summed E-state index contributed by atoms with van der Waals surface area (Å²) in [5, 5.41) is -0.00145. The van der Waals surface area contributed by atoms with Crippen molar-refractivity contribution in [1.29, 1.82) is 0 Å². The molecule has 3 heteroatoms. The van der Waals surface area contributed by atoms with Crippen molar-refractivity contribution >= 4 is 22.7 Å². The maximum atomic E-state index is 11.7. The molecule has 0 aliphatic carbocycles. The number of hydrogen-bond acceptors (Lipinski definition) is 3. The number of Topliss-reactive ketones (excluding diaryl/α,β-unsaturated/α-hetero) is 1. The van der Waals surface area contributed by atoms with Gasteiger partial charge in [0.05, 0.1) is 11.2 Å². The zero-order chi connectivity index (χ0) is 10.9. The number of rotatable bonds is 2. The molecule has 0 N–H and O–H groups in total. The normalized spacial score (nSPS) is 25.9. The lowest BCUT2D eigenvalue weighted by atomic mass is 9.95. The van der Waals surface area contributed by atoms with Crippen molar-refractivity contribution in [3.63, 3.8) is 0 Å². The first-order valence-electron chi connectivity index (χ1n) is 4.89. The molecule has 0 spiro atoms. The summed E-state index contributed by atoms with van der Waals surface area (Å²) in [6, 6.07) is 9.82. The van der Waals surface area contributed by atoms with Crippen LogP contribution >= 0.6 is 11.8 Å². The van der Waals surface area contributed by atoms with E-state index in [-0.39, 0.29) is 17.3 Å². The molecular weight excluding hydrogens is 208 g/mol. The molecule has 1 atom stereocenters. The van der Waals surface area contributed by atoms with Gasteiger partial charge in [0.15, 0.2) is 10.9 Å². The van der Waals surface area contributed by atoms with Crippen molar-refractivity contribution in [3.8, 4) is 0 Å². The van der Waals surface area contributed by atoms with Crippen LogP contribution in [0.25, 0.3) is 0 Å². The van der Waals surface area contributed by atoms with E-state index < -0.39 is 4.75 Å². The molecule has 0 saturated carbocycles. The summed E-state index contributed by atoms with van der Waals surface area (Å²) in [6.07, 6.45) is 0.733. The monoisotopic (exact) mass is 220 g/mol. The van der Waals surface area contributed by atoms with Crippen LogP contribution in [0.5, 0.6) is 0 Å². The van der Waals surface area contributed by atoms with Crippen LogP contribution in [-0.4, -0.2) is 15.6 Å². The fraction of sp³-hybridized carbons (Fsp3) is 0.333. The Labute approximate surface area is 93.1 Å². The van der Waals surface area contributed by atoms with E-state index in [0.717, 1.165) is 5.56 Å². The van der Waals surface area contributed by atoms with Crippen molar-refractivity contribution in [2.45, 2.75) is 24.5 Å². The zero-order valence-corrected chi connectivity index (χ0v) is 9.34. The lowest BCUT2D eigenvalue weighted by molar-refractivity contribution is -0.123. The number of ketones is 1. The highest BCUT2D eigenvalue weighted by molar-refractivity contribution is 8.16. The number of hydrogen-bond donors (Lipinski definition) is 0. The molecule has 78 valence electrons. The van der Waals surface area contributed by atoms with Crippen LogP contribution in [-0.2, 0) is 16.0 Å². The summed E-state index contributed by atoms with van der Waals surface area (Å²) in [7, 11) is 0. The molecule has 0 amide bonds. The highest BCUT2D eigenvalue weighted by Crippen LogP contribution is 2.38. The van der Waals surface area contributed by atoms with Crippen LogP contribution in [0.1, 0.15) is 18.9 Å². The second-order valence-electron chi connectivity index (χ2n) is 3.97. The molecule has 1 fully saturated rings. The molecule has 0 bridgehead atoms. The summed E-state index contributed by atoms with van der Waals surface area (Å²) in [5.74, 6) is 0.0568. The summed E-state index contributed by atoms with van der Waals surface area (Å²) < 4.78 is -0.543. The fourth-order valence-corrected chi connectivity index (χ4v) is 2.91. The largest absolute Gasteiger partial charge is 0.298 e. The van der Waals surface area contributed by atoms with Gasteiger partial charge in [-0.1, -0.05) is 42.1 Å². The second kappa shape index (κ2) is 3.81. The van der Waals surface area contributed by atoms with Crippen LogP contribution in [0.15, 0.2) is 30.3 Å². The second-order valence-corrected chi connectivity index (χ2v) is 5.53. The molecule has 1 aromatic carbocycles. The molecule has 1 heterocycles. The maximum Gasteiger partial charge on any atom is 0.197 e. The smallest absolute Gasteiger partial charge is 0.197 e. The number of benzene rings is 1. The van der Waals surface area contributed by atoms with Crippen molar-refractivity contribution < 1.29 is 9.59 Å². The summed E-state index contributed by atoms with van der Waals surface area (Å²) in [5.41, 5.74) is 1.11. The first kappa shape index (κ1) is 10.4. The van der Waals surface area contributed by atoms with Crippen LogP contribution in [0.2, 0.25) is 0 Å². The Balaban J connectivity index is 2.18. The number of thioether (sulfide) groups is 1. The Morgan fingerprint density at radius 1 is 1.27 bits per heavy atom. The Hall–Kier alpha value is -1.09. The van der Waals surface area contributed by atoms with Crippen molar-refractivity contribution in [2.24, 2.45) is 0 Å². The van der Waals surface area contributed by atoms with Gasteiger partial charge < -0.3 is 0 Å². The highest BCUT2D eigenvalue weighted by Gasteiger charge is 2.43. The number of carbonyl (C=O) groups is 2. The Morgan fingerprint density at radius 2 is 1.93 bits per heavy atom. The minimum absolute atomic E-state index is 0.00145. The topological polar surface area (TPSA) is 34.1 Å². The lowest BCUT2D eigenvalue weighted by Gasteiger charge is -2.19. The van der Waals surface area contributed by atoms with Gasteiger partial charge in [-0.2, -0.15) is 0 Å². The van der Waals surface area contributed by atoms with Crippen LogP contribution in [0, 0.1) is 0 Å². The third-order valence-corrected chi connectivity index (χ3v) is 3.81. The predicted octanol–water partition coefficient (Wildman–Crippen LogP) is 2.22. The predicted molar refractivity (Wildman–Crippen MR) is 60.8 cm³/mol. The van der Waals surface area contributed by atoms with Gasteiger partial charge in [0, 0.05) is 0 Å². The summed E-state index contributed by atoms with van der Waals surface area (Å²) in [4.78, 5) is 22.9. The molecule has 0 unspecified atom stereocenters. The van der Waals surface area contributed by atoms with Gasteiger partial charge in [-0.3, -0.25) is 9.59 Å². The van der Waals surface area contributed by atoms with E-state index in [1.54, 1.807) is 0 Å². The Kier molecular flexibility index (Phi) is 2.65. The summed E-state index contributed by atoms with van der Waals surface area (Å²) >= 11 is 1.18. The fourth-order valence-electron chi connectivity index (χ4n) is 1.78. The van der Waals surface area contributed by atoms with Crippen LogP contribution in [0.3, 0.4) is 0 Å². The van der Waals surface area contributed by atoms with Gasteiger partial charge in [-0.05, 0) is 18.9 Å². The molecule has 1 saturated heterocycles. The highest BCUT2D eigenvalue weighted by atomic mass is 32.2. The first-order chi connectivity index (χ1) is 7.10. The van der Waals surface area contributed by atoms with Gasteiger partial charge in [0.2, 0.25) is 0 Å². The molecule has 1 aliphatic heterocycles. The molecule has 0 aromatic heterocycles. The van der Waals surface area contributed by atoms with Gasteiger partial charge in [0.25, 0.3) is 0 Å². The third-order valence-electron chi connectivity index (χ3n) is 2.62. The lowest BCUT2D eigenvalue weighted by Crippen LogP contribution is -2.29. The van der Waals surface area contributed by atoms with Gasteiger partial charge >= 0.3 is 0 Å². The zero-order valence-electron chi connectivity index (χ0n) is 8.53. The van der Waals surface area contributed by atoms with Gasteiger partial charge in [-0.15, -0.1) is 0 Å². The average Bonchev–Trinajstić information content (AvgIpc) is 2.41. The molecule has 1 aliphatic rings. The van der Waals surface area contributed by atoms with E-state index in [4.69, 9.17) is 0 Å². The Bertz CT molecular complexity index is 399. The molecule has 15 heavy (non-hydrogen) atoms. The third kappa shape index (κ3) is 2.12. The van der Waals surface area contributed by atoms with Gasteiger partial charge in [-0.25, -0.2) is 0 Å². The van der Waals surface area contributed by atoms with Gasteiger partial charge in [0.1, 0.15) is 0 Å². The molecule has 1 aromatic rings. The van der Waals surface area contributed by atoms with Crippen LogP contribution in [0.4, 0.5) is 0 Å². The van der Waals surface area contributed by atoms with E-state index in [1.165, 1.54) is 11.8 Å². The molecule has 2 nitrogen and oxygen atoms in total. The van der Waals surface area contributed by atoms with E-state index in [1.807, 2.05) is 37.3 Å². The summed E-state index contributed by atoms with van der Waals surface area (Å²) in [6.45, 7) is 1.86. The minimum Gasteiger partial charge on any atom is -0.298 e. The van der Waals surface area contributed by atoms with E-state index in [0.29, 0.717) is 6.42 Å². The van der Waals surface area contributed by atoms with Crippen molar-refractivity contribution in [3.05, 3.63) is 35.9 Å². The average molecular weight is 220 g/mol. The molecular formula is C12H12O2S. The quantitative estimate of drug-likeness (QED) is 0.717. The minimum atomic E-state index is -0.543. The number of carbonyl (C=O) groups excluding carboxylic acids is 2.